The number of ether oxygens (including phenoxy) is 2. The molecule has 1 saturated heterocycles. The van der Waals surface area contributed by atoms with Gasteiger partial charge in [-0.15, -0.1) is 0 Å². The molecule has 0 aromatic heterocycles. The second kappa shape index (κ2) is 15.6. The smallest absolute Gasteiger partial charge is 0.341 e. The molecule has 4 rings (SSSR count). The number of urea groups is 1. The van der Waals surface area contributed by atoms with Crippen LogP contribution in [0.5, 0.6) is 5.75 Å². The van der Waals surface area contributed by atoms with Crippen LogP contribution < -0.4 is 10.5 Å². The van der Waals surface area contributed by atoms with Gasteiger partial charge in [0.2, 0.25) is 0 Å². The van der Waals surface area contributed by atoms with Crippen LogP contribution in [0, 0.1) is 0 Å². The Bertz CT molecular complexity index is 1300. The number of hydroxylamine groups is 2. The van der Waals surface area contributed by atoms with Crippen LogP contribution in [0.1, 0.15) is 45.9 Å². The number of piperazine rings is 1. The van der Waals surface area contributed by atoms with E-state index in [9.17, 15) is 14.8 Å². The van der Waals surface area contributed by atoms with Gasteiger partial charge >= 0.3 is 12.0 Å². The van der Waals surface area contributed by atoms with Gasteiger partial charge in [0.15, 0.2) is 0 Å². The molecular formula is C32H39ClN4O5. The Balaban J connectivity index is 1.30. The molecule has 0 radical (unpaired) electrons. The molecular weight excluding hydrogens is 556 g/mol. The number of methoxy groups -OCH3 is 1. The molecule has 0 spiro atoms. The quantitative estimate of drug-likeness (QED) is 0.124. The lowest BCUT2D eigenvalue weighted by Gasteiger charge is -2.39. The summed E-state index contributed by atoms with van der Waals surface area (Å²) in [5.74, 6) is 0.0382. The summed E-state index contributed by atoms with van der Waals surface area (Å²) < 4.78 is 11.1. The van der Waals surface area contributed by atoms with Crippen LogP contribution in [0.15, 0.2) is 72.8 Å². The first-order valence-electron chi connectivity index (χ1n) is 14.2. The normalized spacial score (nSPS) is 14.7. The monoisotopic (exact) mass is 594 g/mol. The van der Waals surface area contributed by atoms with Crippen LogP contribution in [-0.2, 0) is 11.2 Å². The molecule has 1 aliphatic rings. The Hall–Kier alpha value is -3.63. The van der Waals surface area contributed by atoms with Crippen LogP contribution in [0.4, 0.5) is 4.79 Å². The third-order valence-corrected chi connectivity index (χ3v) is 7.78. The van der Waals surface area contributed by atoms with Gasteiger partial charge in [-0.05, 0) is 60.2 Å². The molecule has 1 aliphatic heterocycles. The van der Waals surface area contributed by atoms with Crippen molar-refractivity contribution in [3.05, 3.63) is 100 Å². The minimum absolute atomic E-state index is 0.155. The highest BCUT2D eigenvalue weighted by molar-refractivity contribution is 6.30. The van der Waals surface area contributed by atoms with E-state index in [0.29, 0.717) is 42.2 Å². The minimum Gasteiger partial charge on any atom is -0.491 e. The number of aryl methyl sites for hydroxylation is 1. The maximum absolute atomic E-state index is 12.5. The number of nitrogens with zero attached hydrogens (tertiary/aromatic N) is 3. The molecule has 0 bridgehead atoms. The van der Waals surface area contributed by atoms with E-state index in [0.717, 1.165) is 43.3 Å². The average Bonchev–Trinajstić information content (AvgIpc) is 3.01. The van der Waals surface area contributed by atoms with Crippen molar-refractivity contribution in [3.8, 4) is 5.75 Å². The highest BCUT2D eigenvalue weighted by Crippen LogP contribution is 2.30. The van der Waals surface area contributed by atoms with Crippen molar-refractivity contribution in [1.82, 2.24) is 14.9 Å². The summed E-state index contributed by atoms with van der Waals surface area (Å²) in [7, 11) is 1.35. The molecule has 10 heteroatoms. The number of benzene rings is 3. The number of halogens is 1. The molecule has 2 amide bonds. The van der Waals surface area contributed by atoms with E-state index < -0.39 is 12.0 Å². The lowest BCUT2D eigenvalue weighted by molar-refractivity contribution is -0.0402. The van der Waals surface area contributed by atoms with Crippen molar-refractivity contribution in [3.63, 3.8) is 0 Å². The summed E-state index contributed by atoms with van der Waals surface area (Å²) in [6.07, 6.45) is 1.95. The number of carbonyl (C=O) groups excluding carboxylic acids is 2. The van der Waals surface area contributed by atoms with Crippen LogP contribution in [0.3, 0.4) is 0 Å². The summed E-state index contributed by atoms with van der Waals surface area (Å²) in [5, 5.41) is 10.6. The van der Waals surface area contributed by atoms with E-state index in [1.807, 2.05) is 24.3 Å². The summed E-state index contributed by atoms with van der Waals surface area (Å²) in [4.78, 5) is 28.3. The second-order valence-corrected chi connectivity index (χ2v) is 10.8. The van der Waals surface area contributed by atoms with Gasteiger partial charge in [0.05, 0.1) is 19.7 Å². The Morgan fingerprint density at radius 2 is 1.67 bits per heavy atom. The van der Waals surface area contributed by atoms with Crippen molar-refractivity contribution >= 4 is 23.6 Å². The van der Waals surface area contributed by atoms with Gasteiger partial charge in [0.1, 0.15) is 17.9 Å². The van der Waals surface area contributed by atoms with Gasteiger partial charge in [0, 0.05) is 37.7 Å². The lowest BCUT2D eigenvalue weighted by atomic mass is 9.96. The van der Waals surface area contributed by atoms with E-state index in [1.165, 1.54) is 18.2 Å². The molecule has 1 heterocycles. The van der Waals surface area contributed by atoms with Gasteiger partial charge in [0.25, 0.3) is 0 Å². The maximum atomic E-state index is 12.5. The first-order chi connectivity index (χ1) is 20.4. The van der Waals surface area contributed by atoms with E-state index in [1.54, 1.807) is 12.1 Å². The Kier molecular flexibility index (Phi) is 11.6. The van der Waals surface area contributed by atoms with Crippen molar-refractivity contribution < 1.29 is 24.3 Å². The van der Waals surface area contributed by atoms with Crippen LogP contribution >= 0.6 is 11.6 Å². The predicted molar refractivity (Wildman–Crippen MR) is 162 cm³/mol. The minimum atomic E-state index is -0.874. The van der Waals surface area contributed by atoms with E-state index in [4.69, 9.17) is 26.8 Å². The zero-order chi connectivity index (χ0) is 29.9. The predicted octanol–water partition coefficient (Wildman–Crippen LogP) is 5.01. The third-order valence-electron chi connectivity index (χ3n) is 7.53. The van der Waals surface area contributed by atoms with E-state index in [2.05, 4.69) is 46.2 Å². The number of hydrogen-bond donors (Lipinski definition) is 2. The first kappa shape index (κ1) is 31.3. The van der Waals surface area contributed by atoms with Gasteiger partial charge in [-0.3, -0.25) is 15.0 Å². The summed E-state index contributed by atoms with van der Waals surface area (Å²) in [5.41, 5.74) is 8.84. The fourth-order valence-corrected chi connectivity index (χ4v) is 5.38. The van der Waals surface area contributed by atoms with Crippen molar-refractivity contribution in [1.29, 1.82) is 0 Å². The largest absolute Gasteiger partial charge is 0.491 e. The lowest BCUT2D eigenvalue weighted by Crippen LogP contribution is -2.48. The molecule has 1 fully saturated rings. The van der Waals surface area contributed by atoms with Gasteiger partial charge in [-0.2, -0.15) is 0 Å². The molecule has 9 nitrogen and oxygen atoms in total. The number of primary amides is 1. The molecule has 42 heavy (non-hydrogen) atoms. The van der Waals surface area contributed by atoms with Crippen LogP contribution in [-0.4, -0.2) is 85.1 Å². The second-order valence-electron chi connectivity index (χ2n) is 10.3. The molecule has 0 unspecified atom stereocenters. The van der Waals surface area contributed by atoms with Crippen LogP contribution in [0.2, 0.25) is 5.02 Å². The van der Waals surface area contributed by atoms with E-state index >= 15 is 0 Å². The SMILES string of the molecule is COC(=O)c1cc(CCCCN(O)C(N)=O)ccc1OCCN1CCN([C@H](c2ccccc2)c2ccc(Cl)cc2)CC1. The number of unbranched alkanes of at least 4 members (excludes halogenated alkanes) is 1. The molecule has 3 aromatic carbocycles. The number of rotatable bonds is 13. The number of esters is 1. The van der Waals surface area contributed by atoms with Gasteiger partial charge in [-0.25, -0.2) is 14.7 Å². The van der Waals surface area contributed by atoms with Crippen molar-refractivity contribution in [2.75, 3.05) is 53.0 Å². The van der Waals surface area contributed by atoms with Crippen LogP contribution in [0.25, 0.3) is 0 Å². The Morgan fingerprint density at radius 3 is 2.33 bits per heavy atom. The standard InChI is InChI=1S/C32H39ClN4O5/c1-41-31(38)28-23-24(7-5-6-16-37(40)32(34)39)10-15-29(28)42-22-21-35-17-19-36(20-18-35)30(25-8-3-2-4-9-25)26-11-13-27(33)14-12-26/h2-4,8-15,23,30,40H,5-7,16-22H2,1H3,(H2,34,39)/t30-/m1/s1. The fraction of sp³-hybridized carbons (Fsp3) is 0.375. The highest BCUT2D eigenvalue weighted by Gasteiger charge is 2.26. The molecule has 0 saturated carbocycles. The molecule has 3 N–H and O–H groups in total. The zero-order valence-corrected chi connectivity index (χ0v) is 24.7. The number of amides is 2. The van der Waals surface area contributed by atoms with E-state index in [-0.39, 0.29) is 12.6 Å². The Labute approximate surface area is 252 Å². The summed E-state index contributed by atoms with van der Waals surface area (Å²) in [6.45, 7) is 4.99. The molecule has 3 aromatic rings. The van der Waals surface area contributed by atoms with Crippen molar-refractivity contribution in [2.45, 2.75) is 25.3 Å². The zero-order valence-electron chi connectivity index (χ0n) is 24.0. The topological polar surface area (TPSA) is 109 Å². The van der Waals surface area contributed by atoms with Crippen molar-refractivity contribution in [2.24, 2.45) is 5.73 Å². The first-order valence-corrected chi connectivity index (χ1v) is 14.6. The molecule has 224 valence electrons. The fourth-order valence-electron chi connectivity index (χ4n) is 5.25. The molecule has 0 aliphatic carbocycles. The Morgan fingerprint density at radius 1 is 0.976 bits per heavy atom. The third kappa shape index (κ3) is 8.69. The average molecular weight is 595 g/mol. The van der Waals surface area contributed by atoms with Gasteiger partial charge in [-0.1, -0.05) is 60.1 Å². The number of nitrogens with two attached hydrogens (primary N) is 1. The summed E-state index contributed by atoms with van der Waals surface area (Å²) in [6, 6.07) is 23.5. The van der Waals surface area contributed by atoms with Gasteiger partial charge < -0.3 is 15.2 Å². The number of hydrogen-bond acceptors (Lipinski definition) is 7. The number of carbonyl (C=O) groups is 2. The maximum Gasteiger partial charge on any atom is 0.341 e. The molecule has 1 atom stereocenters. The summed E-state index contributed by atoms with van der Waals surface area (Å²) >= 11 is 6.17. The highest BCUT2D eigenvalue weighted by atomic mass is 35.5.